The Hall–Kier alpha value is -5.05. The number of aryl methyl sites for hydroxylation is 3. The van der Waals surface area contributed by atoms with E-state index in [0.717, 1.165) is 21.9 Å². The van der Waals surface area contributed by atoms with Gasteiger partial charge in [0.2, 0.25) is 15.9 Å². The molecule has 0 saturated carbocycles. The van der Waals surface area contributed by atoms with Gasteiger partial charge in [-0.05, 0) is 55.3 Å². The molecule has 3 unspecified atom stereocenters. The summed E-state index contributed by atoms with van der Waals surface area (Å²) in [6.45, 7) is 4.77. The molecule has 264 valence electrons. The van der Waals surface area contributed by atoms with E-state index in [9.17, 15) is 27.9 Å². The van der Waals surface area contributed by atoms with Gasteiger partial charge in [0.05, 0.1) is 23.6 Å². The fourth-order valence-corrected chi connectivity index (χ4v) is 7.74. The average molecular weight is 704 g/mol. The second-order valence-corrected chi connectivity index (χ2v) is 14.0. The van der Waals surface area contributed by atoms with Crippen molar-refractivity contribution in [2.24, 2.45) is 0 Å². The third kappa shape index (κ3) is 9.34. The maximum absolute atomic E-state index is 13.2. The van der Waals surface area contributed by atoms with Crippen molar-refractivity contribution in [2.75, 3.05) is 31.6 Å². The summed E-state index contributed by atoms with van der Waals surface area (Å²) in [7, 11) is -4.21. The van der Waals surface area contributed by atoms with Crippen LogP contribution in [0.15, 0.2) is 83.9 Å². The minimum absolute atomic E-state index is 0.00228. The molecule has 13 nitrogen and oxygen atoms in total. The van der Waals surface area contributed by atoms with E-state index in [1.54, 1.807) is 37.1 Å². The summed E-state index contributed by atoms with van der Waals surface area (Å²) in [6, 6.07) is 20.5. The Morgan fingerprint density at radius 1 is 0.980 bits per heavy atom. The molecular weight excluding hydrogens is 662 g/mol. The first-order valence-electron chi connectivity index (χ1n) is 16.2. The normalized spacial score (nSPS) is 16.6. The Kier molecular flexibility index (Phi) is 11.7. The van der Waals surface area contributed by atoms with Gasteiger partial charge in [-0.2, -0.15) is 4.72 Å². The van der Waals surface area contributed by atoms with Crippen molar-refractivity contribution >= 4 is 44.6 Å². The summed E-state index contributed by atoms with van der Waals surface area (Å²) in [6.07, 6.45) is 1.11. The molecule has 14 heteroatoms. The molecule has 1 aromatic heterocycles. The predicted octanol–water partition coefficient (Wildman–Crippen LogP) is 3.92. The number of likely N-dealkylation sites (tertiary alicyclic amines) is 1. The number of ether oxygens (including phenoxy) is 2. The molecule has 2 amide bonds. The van der Waals surface area contributed by atoms with E-state index in [4.69, 9.17) is 9.47 Å². The minimum Gasteiger partial charge on any atom is -0.480 e. The molecule has 2 heterocycles. The zero-order valence-electron chi connectivity index (χ0n) is 28.1. The summed E-state index contributed by atoms with van der Waals surface area (Å²) in [4.78, 5) is 44.0. The molecule has 50 heavy (non-hydrogen) atoms. The van der Waals surface area contributed by atoms with E-state index in [0.29, 0.717) is 29.9 Å². The molecule has 4 aromatic rings. The van der Waals surface area contributed by atoms with Gasteiger partial charge in [0, 0.05) is 24.7 Å². The SMILES string of the molecule is Cc1cc(C)c(S(=O)(=O)NC(CNC(=O)COC2CC(CNc3cc4ccccc4cn3)N(C(=O)OCc3ccccc3)C2)C(=O)O)c(C)c1. The predicted molar refractivity (Wildman–Crippen MR) is 187 cm³/mol. The molecule has 1 aliphatic heterocycles. The van der Waals surface area contributed by atoms with Crippen LogP contribution in [0.3, 0.4) is 0 Å². The van der Waals surface area contributed by atoms with Crippen molar-refractivity contribution in [1.82, 2.24) is 19.9 Å². The fraction of sp³-hybridized carbons (Fsp3) is 0.333. The smallest absolute Gasteiger partial charge is 0.410 e. The highest BCUT2D eigenvalue weighted by Gasteiger charge is 2.37. The van der Waals surface area contributed by atoms with Gasteiger partial charge in [0.15, 0.2) is 0 Å². The Bertz CT molecular complexity index is 1930. The van der Waals surface area contributed by atoms with Crippen LogP contribution in [0.25, 0.3) is 10.8 Å². The van der Waals surface area contributed by atoms with Crippen LogP contribution >= 0.6 is 0 Å². The van der Waals surface area contributed by atoms with Gasteiger partial charge in [-0.3, -0.25) is 9.59 Å². The number of sulfonamides is 1. The maximum Gasteiger partial charge on any atom is 0.410 e. The molecule has 4 N–H and O–H groups in total. The third-order valence-corrected chi connectivity index (χ3v) is 10.2. The first kappa shape index (κ1) is 36.2. The van der Waals surface area contributed by atoms with E-state index in [-0.39, 0.29) is 24.1 Å². The lowest BCUT2D eigenvalue weighted by atomic mass is 10.1. The first-order valence-corrected chi connectivity index (χ1v) is 17.6. The highest BCUT2D eigenvalue weighted by Crippen LogP contribution is 2.24. The quantitative estimate of drug-likeness (QED) is 0.151. The Balaban J connectivity index is 1.18. The summed E-state index contributed by atoms with van der Waals surface area (Å²) in [5.74, 6) is -1.45. The largest absolute Gasteiger partial charge is 0.480 e. The summed E-state index contributed by atoms with van der Waals surface area (Å²) in [5, 5.41) is 17.5. The summed E-state index contributed by atoms with van der Waals surface area (Å²) < 4.78 is 39.9. The highest BCUT2D eigenvalue weighted by molar-refractivity contribution is 7.89. The number of nitrogens with zero attached hydrogens (tertiary/aromatic N) is 2. The van der Waals surface area contributed by atoms with E-state index in [1.807, 2.05) is 67.6 Å². The van der Waals surface area contributed by atoms with Crippen molar-refractivity contribution in [3.05, 3.63) is 101 Å². The van der Waals surface area contributed by atoms with Gasteiger partial charge in [-0.25, -0.2) is 18.2 Å². The van der Waals surface area contributed by atoms with E-state index in [2.05, 4.69) is 20.3 Å². The molecule has 3 atom stereocenters. The van der Waals surface area contributed by atoms with Crippen LogP contribution < -0.4 is 15.4 Å². The molecule has 1 saturated heterocycles. The number of fused-ring (bicyclic) bond motifs is 1. The Labute approximate surface area is 291 Å². The number of carbonyl (C=O) groups excluding carboxylic acids is 2. The molecule has 5 rings (SSSR count). The van der Waals surface area contributed by atoms with Crippen LogP contribution in [0.2, 0.25) is 0 Å². The van der Waals surface area contributed by atoms with Gasteiger partial charge < -0.3 is 30.1 Å². The number of carboxylic acid groups (broad SMARTS) is 1. The number of anilines is 1. The molecule has 0 radical (unpaired) electrons. The zero-order chi connectivity index (χ0) is 35.8. The molecule has 0 spiro atoms. The van der Waals surface area contributed by atoms with Crippen molar-refractivity contribution in [2.45, 2.75) is 56.9 Å². The lowest BCUT2D eigenvalue weighted by molar-refractivity contribution is -0.139. The minimum atomic E-state index is -4.21. The van der Waals surface area contributed by atoms with Gasteiger partial charge in [-0.15, -0.1) is 0 Å². The summed E-state index contributed by atoms with van der Waals surface area (Å²) in [5.41, 5.74) is 2.67. The van der Waals surface area contributed by atoms with Crippen LogP contribution in [-0.2, 0) is 35.7 Å². The monoisotopic (exact) mass is 703 g/mol. The number of carbonyl (C=O) groups is 3. The van der Waals surface area contributed by atoms with Crippen LogP contribution in [0.4, 0.5) is 10.6 Å². The molecular formula is C36H41N5O8S. The van der Waals surface area contributed by atoms with Gasteiger partial charge >= 0.3 is 12.1 Å². The lowest BCUT2D eigenvalue weighted by Crippen LogP contribution is -2.49. The van der Waals surface area contributed by atoms with Gasteiger partial charge in [0.25, 0.3) is 0 Å². The number of pyridine rings is 1. The lowest BCUT2D eigenvalue weighted by Gasteiger charge is -2.24. The number of aliphatic carboxylic acids is 1. The number of nitrogens with one attached hydrogen (secondary N) is 3. The van der Waals surface area contributed by atoms with Crippen molar-refractivity contribution < 1.29 is 37.4 Å². The number of hydrogen-bond acceptors (Lipinski definition) is 9. The molecule has 1 aliphatic rings. The Morgan fingerprint density at radius 2 is 1.66 bits per heavy atom. The van der Waals surface area contributed by atoms with Gasteiger partial charge in [-0.1, -0.05) is 72.3 Å². The zero-order valence-corrected chi connectivity index (χ0v) is 28.9. The van der Waals surface area contributed by atoms with E-state index < -0.39 is 53.3 Å². The average Bonchev–Trinajstić information content (AvgIpc) is 3.50. The van der Waals surface area contributed by atoms with Crippen molar-refractivity contribution in [3.8, 4) is 0 Å². The van der Waals surface area contributed by atoms with Gasteiger partial charge in [0.1, 0.15) is 25.1 Å². The number of hydrogen-bond donors (Lipinski definition) is 4. The number of aromatic nitrogens is 1. The molecule has 0 bridgehead atoms. The maximum atomic E-state index is 13.2. The van der Waals surface area contributed by atoms with Crippen LogP contribution in [0, 0.1) is 20.8 Å². The van der Waals surface area contributed by atoms with Crippen molar-refractivity contribution in [1.29, 1.82) is 0 Å². The van der Waals surface area contributed by atoms with E-state index >= 15 is 0 Å². The third-order valence-electron chi connectivity index (χ3n) is 8.39. The van der Waals surface area contributed by atoms with Crippen LogP contribution in [-0.4, -0.2) is 85.8 Å². The van der Waals surface area contributed by atoms with Crippen LogP contribution in [0.5, 0.6) is 0 Å². The molecule has 3 aromatic carbocycles. The number of carboxylic acids is 1. The standard InChI is InChI=1S/C36H41N5O8S/c1-23-13-24(2)34(25(3)14-23)50(46,47)40-31(35(43)44)19-39-33(42)22-48-30-16-29(18-38-32-15-27-11-7-8-12-28(27)17-37-32)41(20-30)36(45)49-21-26-9-5-4-6-10-26/h4-15,17,29-31,40H,16,18-22H2,1-3H3,(H,37,38)(H,39,42)(H,43,44). The number of benzene rings is 3. The topological polar surface area (TPSA) is 176 Å². The van der Waals surface area contributed by atoms with Crippen LogP contribution in [0.1, 0.15) is 28.7 Å². The number of amides is 2. The summed E-state index contributed by atoms with van der Waals surface area (Å²) >= 11 is 0. The highest BCUT2D eigenvalue weighted by atomic mass is 32.2. The number of rotatable bonds is 14. The molecule has 0 aliphatic carbocycles. The fourth-order valence-electron chi connectivity index (χ4n) is 6.09. The second kappa shape index (κ2) is 16.1. The molecule has 1 fully saturated rings. The second-order valence-electron chi connectivity index (χ2n) is 12.4. The Morgan fingerprint density at radius 3 is 2.36 bits per heavy atom. The van der Waals surface area contributed by atoms with Crippen molar-refractivity contribution in [3.63, 3.8) is 0 Å². The van der Waals surface area contributed by atoms with E-state index in [1.165, 1.54) is 0 Å². The first-order chi connectivity index (χ1) is 23.9.